The van der Waals surface area contributed by atoms with Gasteiger partial charge in [0.2, 0.25) is 0 Å². The molecule has 1 aliphatic rings. The minimum absolute atomic E-state index is 0.321. The van der Waals surface area contributed by atoms with E-state index in [9.17, 15) is 0 Å². The van der Waals surface area contributed by atoms with Gasteiger partial charge in [-0.3, -0.25) is 5.32 Å². The van der Waals surface area contributed by atoms with Gasteiger partial charge in [0.15, 0.2) is 0 Å². The van der Waals surface area contributed by atoms with Crippen molar-refractivity contribution in [1.82, 2.24) is 5.32 Å². The zero-order valence-electron chi connectivity index (χ0n) is 11.7. The molecule has 0 bridgehead atoms. The number of nitrogens with one attached hydrogen (secondary N) is 1. The Morgan fingerprint density at radius 3 is 2.29 bits per heavy atom. The molecule has 1 aliphatic carbocycles. The Balaban J connectivity index is 1.65. The van der Waals surface area contributed by atoms with Gasteiger partial charge in [-0.05, 0) is 46.9 Å². The van der Waals surface area contributed by atoms with Crippen LogP contribution < -0.4 is 5.32 Å². The molecule has 1 unspecified atom stereocenters. The average Bonchev–Trinajstić information content (AvgIpc) is 3.26. The van der Waals surface area contributed by atoms with Crippen LogP contribution in [0, 0.1) is 0 Å². The Labute approximate surface area is 133 Å². The van der Waals surface area contributed by atoms with E-state index in [0.29, 0.717) is 12.1 Å². The molecule has 1 N–H and O–H groups in total. The molecule has 4 rings (SSSR count). The number of rotatable bonds is 4. The second-order valence-corrected chi connectivity index (χ2v) is 7.38. The summed E-state index contributed by atoms with van der Waals surface area (Å²) in [6.07, 6.45) is 2.39. The minimum atomic E-state index is 0.321. The Kier molecular flexibility index (Phi) is 3.63. The summed E-state index contributed by atoms with van der Waals surface area (Å²) in [6, 6.07) is 18.4. The Hall–Kier alpha value is -1.42. The monoisotopic (exact) mass is 311 g/mol. The van der Waals surface area contributed by atoms with E-state index in [1.807, 2.05) is 22.7 Å². The van der Waals surface area contributed by atoms with E-state index < -0.39 is 0 Å². The van der Waals surface area contributed by atoms with Crippen LogP contribution in [-0.4, -0.2) is 0 Å². The summed E-state index contributed by atoms with van der Waals surface area (Å²) in [6.45, 7) is 0. The molecule has 2 heterocycles. The van der Waals surface area contributed by atoms with Gasteiger partial charge in [-0.1, -0.05) is 36.4 Å². The van der Waals surface area contributed by atoms with E-state index in [4.69, 9.17) is 0 Å². The fourth-order valence-corrected chi connectivity index (χ4v) is 4.83. The highest BCUT2D eigenvalue weighted by Crippen LogP contribution is 2.36. The molecule has 3 aromatic rings. The highest BCUT2D eigenvalue weighted by atomic mass is 32.1. The third-order valence-corrected chi connectivity index (χ3v) is 6.03. The zero-order valence-corrected chi connectivity index (χ0v) is 13.3. The molecule has 2 aromatic heterocycles. The normalized spacial score (nSPS) is 17.3. The topological polar surface area (TPSA) is 12.0 Å². The van der Waals surface area contributed by atoms with Crippen LogP contribution in [0.3, 0.4) is 0 Å². The lowest BCUT2D eigenvalue weighted by Crippen LogP contribution is -2.24. The predicted molar refractivity (Wildman–Crippen MR) is 91.1 cm³/mol. The van der Waals surface area contributed by atoms with Crippen molar-refractivity contribution in [1.29, 1.82) is 0 Å². The van der Waals surface area contributed by atoms with Gasteiger partial charge in [-0.2, -0.15) is 0 Å². The van der Waals surface area contributed by atoms with Gasteiger partial charge in [0.25, 0.3) is 0 Å². The number of benzene rings is 1. The van der Waals surface area contributed by atoms with Crippen molar-refractivity contribution < 1.29 is 0 Å². The maximum absolute atomic E-state index is 3.90. The van der Waals surface area contributed by atoms with Crippen molar-refractivity contribution >= 4 is 22.7 Å². The van der Waals surface area contributed by atoms with Crippen molar-refractivity contribution in [3.63, 3.8) is 0 Å². The van der Waals surface area contributed by atoms with Gasteiger partial charge in [0, 0.05) is 15.8 Å². The van der Waals surface area contributed by atoms with Gasteiger partial charge in [0.05, 0.1) is 6.04 Å². The highest BCUT2D eigenvalue weighted by molar-refractivity contribution is 7.11. The summed E-state index contributed by atoms with van der Waals surface area (Å²) in [4.78, 5) is 2.81. The van der Waals surface area contributed by atoms with Crippen molar-refractivity contribution in [2.24, 2.45) is 0 Å². The van der Waals surface area contributed by atoms with Crippen LogP contribution in [0.15, 0.2) is 59.3 Å². The SMILES string of the molecule is c1csc(C(NC2CCc3ccccc32)c2cccs2)c1. The van der Waals surface area contributed by atoms with E-state index in [0.717, 1.165) is 0 Å². The van der Waals surface area contributed by atoms with Crippen molar-refractivity contribution in [3.8, 4) is 0 Å². The summed E-state index contributed by atoms with van der Waals surface area (Å²) < 4.78 is 0. The number of hydrogen-bond acceptors (Lipinski definition) is 3. The van der Waals surface area contributed by atoms with Crippen LogP contribution in [0.25, 0.3) is 0 Å². The third kappa shape index (κ3) is 2.57. The Bertz CT molecular complexity index is 666. The zero-order chi connectivity index (χ0) is 14.1. The predicted octanol–water partition coefficient (Wildman–Crippen LogP) is 5.18. The lowest BCUT2D eigenvalue weighted by Gasteiger charge is -2.22. The van der Waals surface area contributed by atoms with Crippen LogP contribution in [0.5, 0.6) is 0 Å². The van der Waals surface area contributed by atoms with Crippen LogP contribution in [-0.2, 0) is 6.42 Å². The smallest absolute Gasteiger partial charge is 0.0769 e. The van der Waals surface area contributed by atoms with Crippen molar-refractivity contribution in [3.05, 3.63) is 80.2 Å². The summed E-state index contributed by atoms with van der Waals surface area (Å²) in [5.41, 5.74) is 2.99. The van der Waals surface area contributed by atoms with Gasteiger partial charge in [0.1, 0.15) is 0 Å². The molecule has 3 heteroatoms. The molecule has 0 aliphatic heterocycles. The fraction of sp³-hybridized carbons (Fsp3) is 0.222. The molecule has 1 aromatic carbocycles. The maximum Gasteiger partial charge on any atom is 0.0769 e. The molecule has 0 radical (unpaired) electrons. The molecule has 1 atom stereocenters. The molecule has 21 heavy (non-hydrogen) atoms. The highest BCUT2D eigenvalue weighted by Gasteiger charge is 2.26. The molecular weight excluding hydrogens is 294 g/mol. The van der Waals surface area contributed by atoms with Gasteiger partial charge >= 0.3 is 0 Å². The third-order valence-electron chi connectivity index (χ3n) is 4.16. The van der Waals surface area contributed by atoms with Gasteiger partial charge in [-0.15, -0.1) is 22.7 Å². The second-order valence-electron chi connectivity index (χ2n) is 5.42. The second kappa shape index (κ2) is 5.76. The fourth-order valence-electron chi connectivity index (χ4n) is 3.15. The van der Waals surface area contributed by atoms with E-state index in [1.54, 1.807) is 0 Å². The number of aryl methyl sites for hydroxylation is 1. The first-order valence-corrected chi connectivity index (χ1v) is 9.08. The number of thiophene rings is 2. The molecule has 0 fully saturated rings. The van der Waals surface area contributed by atoms with Gasteiger partial charge < -0.3 is 0 Å². The quantitative estimate of drug-likeness (QED) is 0.700. The first-order chi connectivity index (χ1) is 10.4. The summed E-state index contributed by atoms with van der Waals surface area (Å²) >= 11 is 3.68. The molecule has 0 amide bonds. The lowest BCUT2D eigenvalue weighted by atomic mass is 10.1. The van der Waals surface area contributed by atoms with E-state index in [-0.39, 0.29) is 0 Å². The Morgan fingerprint density at radius 2 is 1.62 bits per heavy atom. The molecule has 1 nitrogen and oxygen atoms in total. The molecule has 106 valence electrons. The standard InChI is InChI=1S/C18H17NS2/c1-2-6-14-13(5-1)9-10-15(14)19-18(16-7-3-11-20-16)17-8-4-12-21-17/h1-8,11-12,15,18-19H,9-10H2. The van der Waals surface area contributed by atoms with Crippen molar-refractivity contribution in [2.45, 2.75) is 24.9 Å². The lowest BCUT2D eigenvalue weighted by molar-refractivity contribution is 0.491. The van der Waals surface area contributed by atoms with Crippen LogP contribution in [0.2, 0.25) is 0 Å². The Morgan fingerprint density at radius 1 is 0.905 bits per heavy atom. The molecule has 0 saturated heterocycles. The largest absolute Gasteiger partial charge is 0.298 e. The van der Waals surface area contributed by atoms with E-state index in [2.05, 4.69) is 64.6 Å². The van der Waals surface area contributed by atoms with E-state index >= 15 is 0 Å². The number of hydrogen-bond donors (Lipinski definition) is 1. The van der Waals surface area contributed by atoms with Crippen LogP contribution in [0.1, 0.15) is 39.4 Å². The molecule has 0 saturated carbocycles. The van der Waals surface area contributed by atoms with Gasteiger partial charge in [-0.25, -0.2) is 0 Å². The summed E-state index contributed by atoms with van der Waals surface area (Å²) in [5, 5.41) is 8.23. The molecular formula is C18H17NS2. The maximum atomic E-state index is 3.90. The number of fused-ring (bicyclic) bond motifs is 1. The first-order valence-electron chi connectivity index (χ1n) is 7.32. The average molecular weight is 311 g/mol. The van der Waals surface area contributed by atoms with E-state index in [1.165, 1.54) is 33.7 Å². The van der Waals surface area contributed by atoms with Crippen LogP contribution >= 0.6 is 22.7 Å². The van der Waals surface area contributed by atoms with Crippen LogP contribution in [0.4, 0.5) is 0 Å². The van der Waals surface area contributed by atoms with Crippen molar-refractivity contribution in [2.75, 3.05) is 0 Å². The first kappa shape index (κ1) is 13.3. The molecule has 0 spiro atoms. The summed E-state index contributed by atoms with van der Waals surface area (Å²) in [7, 11) is 0. The minimum Gasteiger partial charge on any atom is -0.298 e. The summed E-state index contributed by atoms with van der Waals surface area (Å²) in [5.74, 6) is 0.